The Morgan fingerprint density at radius 1 is 1.19 bits per heavy atom. The van der Waals surface area contributed by atoms with Crippen LogP contribution in [0.4, 0.5) is 4.39 Å². The molecular formula is C15H20ClFN2O2. The number of rotatable bonds is 5. The Morgan fingerprint density at radius 2 is 1.81 bits per heavy atom. The molecule has 0 aliphatic carbocycles. The van der Waals surface area contributed by atoms with Crippen molar-refractivity contribution in [1.29, 1.82) is 0 Å². The van der Waals surface area contributed by atoms with E-state index in [9.17, 15) is 14.0 Å². The van der Waals surface area contributed by atoms with E-state index in [2.05, 4.69) is 10.6 Å². The zero-order valence-corrected chi connectivity index (χ0v) is 13.3. The van der Waals surface area contributed by atoms with Gasteiger partial charge >= 0.3 is 0 Å². The highest BCUT2D eigenvalue weighted by Gasteiger charge is 2.24. The van der Waals surface area contributed by atoms with Crippen LogP contribution in [0, 0.1) is 11.7 Å². The molecule has 0 heterocycles. The Morgan fingerprint density at radius 3 is 2.29 bits per heavy atom. The van der Waals surface area contributed by atoms with Gasteiger partial charge in [0.25, 0.3) is 0 Å². The summed E-state index contributed by atoms with van der Waals surface area (Å²) in [5, 5.41) is 5.56. The highest BCUT2D eigenvalue weighted by Crippen LogP contribution is 2.26. The summed E-state index contributed by atoms with van der Waals surface area (Å²) in [6.45, 7) is 6.67. The molecule has 0 saturated carbocycles. The molecule has 0 aromatic heterocycles. The minimum atomic E-state index is -0.681. The van der Waals surface area contributed by atoms with Crippen LogP contribution >= 0.6 is 11.6 Å². The molecule has 2 atom stereocenters. The van der Waals surface area contributed by atoms with Crippen molar-refractivity contribution >= 4 is 23.4 Å². The third kappa shape index (κ3) is 5.01. The molecular weight excluding hydrogens is 295 g/mol. The third-order valence-electron chi connectivity index (χ3n) is 3.08. The minimum Gasteiger partial charge on any atom is -0.347 e. The number of hydrogen-bond acceptors (Lipinski definition) is 2. The van der Waals surface area contributed by atoms with E-state index in [1.54, 1.807) is 19.1 Å². The van der Waals surface area contributed by atoms with Gasteiger partial charge in [-0.1, -0.05) is 31.5 Å². The predicted octanol–water partition coefficient (Wildman–Crippen LogP) is 2.82. The van der Waals surface area contributed by atoms with Crippen molar-refractivity contribution < 1.29 is 14.0 Å². The lowest BCUT2D eigenvalue weighted by atomic mass is 9.95. The lowest BCUT2D eigenvalue weighted by Crippen LogP contribution is -2.46. The molecule has 21 heavy (non-hydrogen) atoms. The molecule has 0 aliphatic heterocycles. The molecule has 1 aromatic carbocycles. The summed E-state index contributed by atoms with van der Waals surface area (Å²) in [4.78, 5) is 23.0. The van der Waals surface area contributed by atoms with Crippen LogP contribution in [0.5, 0.6) is 0 Å². The van der Waals surface area contributed by atoms with Crippen molar-refractivity contribution in [2.75, 3.05) is 0 Å². The van der Waals surface area contributed by atoms with Crippen LogP contribution in [0.3, 0.4) is 0 Å². The van der Waals surface area contributed by atoms with Gasteiger partial charge in [-0.2, -0.15) is 0 Å². The van der Waals surface area contributed by atoms with E-state index in [0.29, 0.717) is 10.6 Å². The first-order chi connectivity index (χ1) is 9.72. The van der Waals surface area contributed by atoms with Gasteiger partial charge in [0.1, 0.15) is 11.9 Å². The van der Waals surface area contributed by atoms with E-state index in [-0.39, 0.29) is 17.7 Å². The van der Waals surface area contributed by atoms with Gasteiger partial charge in [0.15, 0.2) is 0 Å². The number of amides is 2. The summed E-state index contributed by atoms with van der Waals surface area (Å²) in [6, 6.07) is 3.19. The summed E-state index contributed by atoms with van der Waals surface area (Å²) in [7, 11) is 0. The molecule has 2 unspecified atom stereocenters. The Balaban J connectivity index is 2.93. The zero-order chi connectivity index (χ0) is 16.2. The quantitative estimate of drug-likeness (QED) is 0.878. The van der Waals surface area contributed by atoms with E-state index in [4.69, 9.17) is 11.6 Å². The zero-order valence-electron chi connectivity index (χ0n) is 12.5. The fourth-order valence-electron chi connectivity index (χ4n) is 2.01. The fourth-order valence-corrected chi connectivity index (χ4v) is 2.16. The number of nitrogens with one attached hydrogen (secondary N) is 2. The van der Waals surface area contributed by atoms with Gasteiger partial charge in [0.05, 0.1) is 6.04 Å². The van der Waals surface area contributed by atoms with E-state index < -0.39 is 17.9 Å². The predicted molar refractivity (Wildman–Crippen MR) is 80.4 cm³/mol. The second-order valence-electron chi connectivity index (χ2n) is 5.32. The molecule has 4 nitrogen and oxygen atoms in total. The second-order valence-corrected chi connectivity index (χ2v) is 5.75. The van der Waals surface area contributed by atoms with Gasteiger partial charge in [-0.3, -0.25) is 9.59 Å². The summed E-state index contributed by atoms with van der Waals surface area (Å²) < 4.78 is 14.0. The van der Waals surface area contributed by atoms with Crippen molar-refractivity contribution in [3.63, 3.8) is 0 Å². The average Bonchev–Trinajstić information content (AvgIpc) is 2.35. The molecule has 2 N–H and O–H groups in total. The van der Waals surface area contributed by atoms with Crippen molar-refractivity contribution in [3.8, 4) is 0 Å². The van der Waals surface area contributed by atoms with Gasteiger partial charge in [-0.15, -0.1) is 0 Å². The maximum atomic E-state index is 14.0. The third-order valence-corrected chi connectivity index (χ3v) is 3.31. The van der Waals surface area contributed by atoms with Crippen molar-refractivity contribution in [1.82, 2.24) is 10.6 Å². The maximum Gasteiger partial charge on any atom is 0.242 e. The topological polar surface area (TPSA) is 58.2 Å². The second kappa shape index (κ2) is 7.41. The molecule has 0 spiro atoms. The van der Waals surface area contributed by atoms with Crippen LogP contribution in [0.1, 0.15) is 39.3 Å². The highest BCUT2D eigenvalue weighted by atomic mass is 35.5. The van der Waals surface area contributed by atoms with Crippen LogP contribution in [0.15, 0.2) is 18.2 Å². The van der Waals surface area contributed by atoms with Gasteiger partial charge in [-0.25, -0.2) is 4.39 Å². The van der Waals surface area contributed by atoms with Crippen molar-refractivity contribution in [3.05, 3.63) is 34.6 Å². The molecule has 0 radical (unpaired) electrons. The largest absolute Gasteiger partial charge is 0.347 e. The van der Waals surface area contributed by atoms with Crippen LogP contribution < -0.4 is 10.6 Å². The van der Waals surface area contributed by atoms with Crippen LogP contribution in [0.2, 0.25) is 5.02 Å². The van der Waals surface area contributed by atoms with E-state index in [1.165, 1.54) is 13.0 Å². The van der Waals surface area contributed by atoms with E-state index in [0.717, 1.165) is 0 Å². The number of benzene rings is 1. The Hall–Kier alpha value is -1.62. The molecule has 1 aromatic rings. The van der Waals surface area contributed by atoms with Crippen LogP contribution in [-0.4, -0.2) is 17.9 Å². The molecule has 0 saturated heterocycles. The lowest BCUT2D eigenvalue weighted by Gasteiger charge is -2.25. The minimum absolute atomic E-state index is 0.0193. The average molecular weight is 315 g/mol. The smallest absolute Gasteiger partial charge is 0.242 e. The molecule has 0 aliphatic rings. The normalized spacial score (nSPS) is 13.7. The molecule has 2 amide bonds. The Bertz CT molecular complexity index is 534. The molecule has 0 fully saturated rings. The summed E-state index contributed by atoms with van der Waals surface area (Å²) in [6.07, 6.45) is 0. The number of halogens is 2. The lowest BCUT2D eigenvalue weighted by molar-refractivity contribution is -0.128. The molecule has 1 rings (SSSR count). The maximum absolute atomic E-state index is 14.0. The summed E-state index contributed by atoms with van der Waals surface area (Å²) in [5.41, 5.74) is 0.373. The van der Waals surface area contributed by atoms with Crippen molar-refractivity contribution in [2.45, 2.75) is 39.8 Å². The Kier molecular flexibility index (Phi) is 6.15. The van der Waals surface area contributed by atoms with Crippen molar-refractivity contribution in [2.24, 2.45) is 5.92 Å². The van der Waals surface area contributed by atoms with Crippen LogP contribution in [-0.2, 0) is 9.59 Å². The molecule has 116 valence electrons. The van der Waals surface area contributed by atoms with Crippen LogP contribution in [0.25, 0.3) is 0 Å². The fraction of sp³-hybridized carbons (Fsp3) is 0.467. The highest BCUT2D eigenvalue weighted by molar-refractivity contribution is 6.30. The first-order valence-corrected chi connectivity index (χ1v) is 7.12. The van der Waals surface area contributed by atoms with Gasteiger partial charge in [-0.05, 0) is 25.0 Å². The van der Waals surface area contributed by atoms with Gasteiger partial charge < -0.3 is 10.6 Å². The Labute approximate surface area is 129 Å². The number of carbonyl (C=O) groups is 2. The first kappa shape index (κ1) is 17.4. The number of hydrogen-bond donors (Lipinski definition) is 2. The standard InChI is InChI=1S/C15H20ClFN2O2/c1-8(2)14(12-6-5-11(16)7-13(12)17)19-15(21)9(3)18-10(4)20/h5-9,14H,1-4H3,(H,18,20)(H,19,21). The van der Waals surface area contributed by atoms with Gasteiger partial charge in [0.2, 0.25) is 11.8 Å². The monoisotopic (exact) mass is 314 g/mol. The SMILES string of the molecule is CC(=O)NC(C)C(=O)NC(c1ccc(Cl)cc1F)C(C)C. The molecule has 6 heteroatoms. The molecule has 0 bridgehead atoms. The first-order valence-electron chi connectivity index (χ1n) is 6.74. The summed E-state index contributed by atoms with van der Waals surface area (Å²) >= 11 is 5.74. The summed E-state index contributed by atoms with van der Waals surface area (Å²) in [5.74, 6) is -1.14. The number of carbonyl (C=O) groups excluding carboxylic acids is 2. The van der Waals surface area contributed by atoms with E-state index >= 15 is 0 Å². The van der Waals surface area contributed by atoms with Gasteiger partial charge in [0, 0.05) is 17.5 Å². The van der Waals surface area contributed by atoms with E-state index in [1.807, 2.05) is 13.8 Å².